The fourth-order valence-electron chi connectivity index (χ4n) is 4.64. The maximum absolute atomic E-state index is 13.6. The van der Waals surface area contributed by atoms with Crippen LogP contribution in [0.25, 0.3) is 16.9 Å². The number of benzene rings is 3. The first-order valence-electron chi connectivity index (χ1n) is 13.2. The largest absolute Gasteiger partial charge is 0.497 e. The molecule has 8 nitrogen and oxygen atoms in total. The van der Waals surface area contributed by atoms with Crippen LogP contribution in [-0.4, -0.2) is 59.2 Å². The zero-order valence-electron chi connectivity index (χ0n) is 22.5. The topological polar surface area (TPSA) is 85.7 Å². The second-order valence-electron chi connectivity index (χ2n) is 9.76. The van der Waals surface area contributed by atoms with Crippen LogP contribution in [0.4, 0.5) is 10.3 Å². The van der Waals surface area contributed by atoms with E-state index in [1.807, 2.05) is 43.3 Å². The van der Waals surface area contributed by atoms with E-state index in [1.165, 1.54) is 17.0 Å². The number of hydrogen-bond acceptors (Lipinski definition) is 5. The average Bonchev–Trinajstić information content (AvgIpc) is 3.63. The maximum Gasteiger partial charge on any atom is 0.254 e. The van der Waals surface area contributed by atoms with E-state index in [0.717, 1.165) is 24.0 Å². The Balaban J connectivity index is 1.41. The number of nitrogens with zero attached hydrogens (tertiary/aromatic N) is 3. The van der Waals surface area contributed by atoms with Gasteiger partial charge >= 0.3 is 0 Å². The van der Waals surface area contributed by atoms with E-state index in [-0.39, 0.29) is 30.3 Å². The van der Waals surface area contributed by atoms with Crippen molar-refractivity contribution in [1.29, 1.82) is 0 Å². The van der Waals surface area contributed by atoms with Crippen molar-refractivity contribution in [1.82, 2.24) is 14.5 Å². The Morgan fingerprint density at radius 3 is 2.45 bits per heavy atom. The third-order valence-electron chi connectivity index (χ3n) is 6.82. The van der Waals surface area contributed by atoms with Crippen LogP contribution < -0.4 is 10.1 Å². The summed E-state index contributed by atoms with van der Waals surface area (Å²) in [5.41, 5.74) is 3.59. The average molecular weight is 543 g/mol. The Morgan fingerprint density at radius 2 is 1.80 bits per heavy atom. The molecule has 0 saturated carbocycles. The summed E-state index contributed by atoms with van der Waals surface area (Å²) in [4.78, 5) is 33.0. The number of hydrogen-bond donors (Lipinski definition) is 1. The normalized spacial score (nSPS) is 14.6. The fraction of sp³-hybridized carbons (Fsp3) is 0.258. The zero-order valence-corrected chi connectivity index (χ0v) is 22.5. The minimum atomic E-state index is -0.409. The Hall–Kier alpha value is -4.50. The van der Waals surface area contributed by atoms with Crippen molar-refractivity contribution >= 4 is 17.8 Å². The molecule has 5 rings (SSSR count). The van der Waals surface area contributed by atoms with Crippen molar-refractivity contribution in [2.75, 3.05) is 32.1 Å². The molecule has 0 radical (unpaired) electrons. The first kappa shape index (κ1) is 27.1. The molecule has 1 unspecified atom stereocenters. The molecule has 0 aliphatic carbocycles. The van der Waals surface area contributed by atoms with Crippen LogP contribution in [0.15, 0.2) is 79.0 Å². The second kappa shape index (κ2) is 12.1. The number of carbonyl (C=O) groups is 2. The SMILES string of the molecule is COc1ccc(-c2cn(-c3ccc(F)cc3)c(NC(=O)CN(CC3CCCO3)C(=O)c3ccc(C)cc3)n2)cc1. The Kier molecular flexibility index (Phi) is 8.21. The van der Waals surface area contributed by atoms with Crippen LogP contribution in [-0.2, 0) is 9.53 Å². The highest BCUT2D eigenvalue weighted by Gasteiger charge is 2.26. The van der Waals surface area contributed by atoms with Gasteiger partial charge in [-0.1, -0.05) is 17.7 Å². The maximum atomic E-state index is 13.6. The number of carbonyl (C=O) groups excluding carboxylic acids is 2. The minimum Gasteiger partial charge on any atom is -0.497 e. The van der Waals surface area contributed by atoms with Crippen LogP contribution in [0, 0.1) is 12.7 Å². The van der Waals surface area contributed by atoms with E-state index in [1.54, 1.807) is 42.1 Å². The lowest BCUT2D eigenvalue weighted by molar-refractivity contribution is -0.117. The summed E-state index contributed by atoms with van der Waals surface area (Å²) >= 11 is 0. The molecule has 0 bridgehead atoms. The predicted octanol–water partition coefficient (Wildman–Crippen LogP) is 5.26. The molecule has 1 N–H and O–H groups in total. The number of ether oxygens (including phenoxy) is 2. The summed E-state index contributed by atoms with van der Waals surface area (Å²) in [6.45, 7) is 2.73. The summed E-state index contributed by atoms with van der Waals surface area (Å²) in [5.74, 6) is -0.0635. The van der Waals surface area contributed by atoms with Crippen molar-refractivity contribution in [2.24, 2.45) is 0 Å². The molecule has 1 atom stereocenters. The summed E-state index contributed by atoms with van der Waals surface area (Å²) < 4.78 is 26.3. The first-order chi connectivity index (χ1) is 19.4. The number of nitrogens with one attached hydrogen (secondary N) is 1. The van der Waals surface area contributed by atoms with Gasteiger partial charge in [0.1, 0.15) is 18.1 Å². The zero-order chi connectivity index (χ0) is 28.1. The fourth-order valence-corrected chi connectivity index (χ4v) is 4.64. The lowest BCUT2D eigenvalue weighted by Crippen LogP contribution is -2.42. The van der Waals surface area contributed by atoms with Crippen molar-refractivity contribution in [2.45, 2.75) is 25.9 Å². The summed E-state index contributed by atoms with van der Waals surface area (Å²) in [7, 11) is 1.59. The number of halogens is 1. The number of aryl methyl sites for hydroxylation is 1. The van der Waals surface area contributed by atoms with Crippen LogP contribution >= 0.6 is 0 Å². The van der Waals surface area contributed by atoms with Crippen molar-refractivity contribution in [3.05, 3.63) is 95.9 Å². The number of anilines is 1. The molecule has 2 heterocycles. The van der Waals surface area contributed by atoms with E-state index in [2.05, 4.69) is 10.3 Å². The second-order valence-corrected chi connectivity index (χ2v) is 9.76. The third-order valence-corrected chi connectivity index (χ3v) is 6.82. The summed E-state index contributed by atoms with van der Waals surface area (Å²) in [6.07, 6.45) is 3.41. The van der Waals surface area contributed by atoms with Gasteiger partial charge in [0.2, 0.25) is 11.9 Å². The van der Waals surface area contributed by atoms with Gasteiger partial charge in [0.05, 0.1) is 18.9 Å². The molecule has 40 heavy (non-hydrogen) atoms. The van der Waals surface area contributed by atoms with Gasteiger partial charge in [-0.05, 0) is 80.4 Å². The van der Waals surface area contributed by atoms with Crippen molar-refractivity contribution < 1.29 is 23.5 Å². The van der Waals surface area contributed by atoms with Crippen LogP contribution in [0.5, 0.6) is 5.75 Å². The standard InChI is InChI=1S/C31H31FN4O4/c1-21-5-7-23(8-6-21)30(38)35(18-27-4-3-17-40-27)20-29(37)34-31-33-28(22-9-15-26(39-2)16-10-22)19-36(31)25-13-11-24(32)12-14-25/h5-16,19,27H,3-4,17-18,20H2,1-2H3,(H,33,34,37). The molecule has 4 aromatic rings. The highest BCUT2D eigenvalue weighted by molar-refractivity contribution is 5.99. The summed E-state index contributed by atoms with van der Waals surface area (Å²) in [5, 5.41) is 2.87. The lowest BCUT2D eigenvalue weighted by atomic mass is 10.1. The smallest absolute Gasteiger partial charge is 0.254 e. The number of methoxy groups -OCH3 is 1. The number of amides is 2. The van der Waals surface area contributed by atoms with Crippen molar-refractivity contribution in [3.8, 4) is 22.7 Å². The number of rotatable bonds is 9. The molecule has 9 heteroatoms. The minimum absolute atomic E-state index is 0.120. The highest BCUT2D eigenvalue weighted by Crippen LogP contribution is 2.26. The van der Waals surface area contributed by atoms with E-state index in [0.29, 0.717) is 35.8 Å². The molecule has 2 amide bonds. The molecule has 1 aliphatic heterocycles. The quantitative estimate of drug-likeness (QED) is 0.312. The highest BCUT2D eigenvalue weighted by atomic mass is 19.1. The number of imidazole rings is 1. The molecule has 206 valence electrons. The number of aromatic nitrogens is 2. The molecule has 1 saturated heterocycles. The molecular formula is C31H31FN4O4. The van der Waals surface area contributed by atoms with Gasteiger partial charge in [0.15, 0.2) is 0 Å². The van der Waals surface area contributed by atoms with Crippen LogP contribution in [0.3, 0.4) is 0 Å². The lowest BCUT2D eigenvalue weighted by Gasteiger charge is -2.25. The molecule has 1 aliphatic rings. The van der Waals surface area contributed by atoms with Gasteiger partial charge in [0, 0.05) is 36.2 Å². The van der Waals surface area contributed by atoms with E-state index >= 15 is 0 Å². The van der Waals surface area contributed by atoms with Gasteiger partial charge in [0.25, 0.3) is 5.91 Å². The van der Waals surface area contributed by atoms with Gasteiger partial charge < -0.3 is 14.4 Å². The van der Waals surface area contributed by atoms with Gasteiger partial charge in [-0.15, -0.1) is 0 Å². The van der Waals surface area contributed by atoms with Gasteiger partial charge in [-0.3, -0.25) is 19.5 Å². The Labute approximate surface area is 232 Å². The van der Waals surface area contributed by atoms with Crippen molar-refractivity contribution in [3.63, 3.8) is 0 Å². The Morgan fingerprint density at radius 1 is 1.07 bits per heavy atom. The molecule has 0 spiro atoms. The summed E-state index contributed by atoms with van der Waals surface area (Å²) in [6, 6.07) is 20.6. The van der Waals surface area contributed by atoms with E-state index < -0.39 is 5.91 Å². The predicted molar refractivity (Wildman–Crippen MR) is 150 cm³/mol. The first-order valence-corrected chi connectivity index (χ1v) is 13.2. The molecule has 1 fully saturated rings. The molecular weight excluding hydrogens is 511 g/mol. The van der Waals surface area contributed by atoms with Gasteiger partial charge in [-0.25, -0.2) is 9.37 Å². The van der Waals surface area contributed by atoms with Crippen LogP contribution in [0.1, 0.15) is 28.8 Å². The monoisotopic (exact) mass is 542 g/mol. The van der Waals surface area contributed by atoms with E-state index in [4.69, 9.17) is 9.47 Å². The molecule has 1 aromatic heterocycles. The van der Waals surface area contributed by atoms with E-state index in [9.17, 15) is 14.0 Å². The molecule has 3 aromatic carbocycles. The Bertz CT molecular complexity index is 1460. The third kappa shape index (κ3) is 6.38. The van der Waals surface area contributed by atoms with Crippen LogP contribution in [0.2, 0.25) is 0 Å². The van der Waals surface area contributed by atoms with Gasteiger partial charge in [-0.2, -0.15) is 0 Å².